The Balaban J connectivity index is 3.40. The highest BCUT2D eigenvalue weighted by Gasteiger charge is 2.23. The lowest BCUT2D eigenvalue weighted by Gasteiger charge is -2.21. The van der Waals surface area contributed by atoms with E-state index < -0.39 is 41.5 Å². The number of benzene rings is 1. The molecule has 0 atom stereocenters. The number of hydrogen-bond acceptors (Lipinski definition) is 6. The molecule has 0 fully saturated rings. The highest BCUT2D eigenvalue weighted by molar-refractivity contribution is 5.92. The van der Waals surface area contributed by atoms with Gasteiger partial charge in [-0.2, -0.15) is 0 Å². The van der Waals surface area contributed by atoms with Crippen LogP contribution in [0, 0.1) is 10.1 Å². The third-order valence-electron chi connectivity index (χ3n) is 2.45. The molecule has 0 aliphatic rings. The third kappa shape index (κ3) is 4.16. The minimum Gasteiger partial charge on any atom is -0.478 e. The lowest BCUT2D eigenvalue weighted by Crippen LogP contribution is -2.40. The van der Waals surface area contributed by atoms with E-state index in [9.17, 15) is 24.5 Å². The molecule has 1 aromatic rings. The Labute approximate surface area is 118 Å². The van der Waals surface area contributed by atoms with E-state index in [2.05, 4.69) is 0 Å². The molecule has 0 aliphatic heterocycles. The van der Waals surface area contributed by atoms with E-state index in [0.717, 1.165) is 23.1 Å². The van der Waals surface area contributed by atoms with Gasteiger partial charge in [0.25, 0.3) is 5.69 Å². The van der Waals surface area contributed by atoms with Crippen molar-refractivity contribution in [1.82, 2.24) is 0 Å². The molecule has 0 heterocycles. The number of aromatic carboxylic acids is 1. The molecule has 21 heavy (non-hydrogen) atoms. The number of nitrogens with zero attached hydrogens (tertiary/aromatic N) is 2. The molecule has 10 heteroatoms. The number of primary amides is 2. The molecule has 0 spiro atoms. The van der Waals surface area contributed by atoms with Gasteiger partial charge in [0.1, 0.15) is 5.69 Å². The first-order chi connectivity index (χ1) is 9.72. The second-order valence-corrected chi connectivity index (χ2v) is 4.05. The Morgan fingerprint density at radius 2 is 1.71 bits per heavy atom. The number of anilines is 1. The molecule has 0 aliphatic carbocycles. The van der Waals surface area contributed by atoms with Crippen molar-refractivity contribution in [2.24, 2.45) is 11.5 Å². The minimum atomic E-state index is -1.32. The molecule has 0 radical (unpaired) electrons. The van der Waals surface area contributed by atoms with Crippen LogP contribution in [-0.4, -0.2) is 40.9 Å². The molecule has 112 valence electrons. The molecule has 0 unspecified atom stereocenters. The number of nitro benzene ring substituents is 1. The minimum absolute atomic E-state index is 0.225. The van der Waals surface area contributed by atoms with Gasteiger partial charge in [0.05, 0.1) is 23.6 Å². The van der Waals surface area contributed by atoms with Gasteiger partial charge in [-0.05, 0) is 12.1 Å². The van der Waals surface area contributed by atoms with Crippen LogP contribution < -0.4 is 16.4 Å². The lowest BCUT2D eigenvalue weighted by atomic mass is 10.1. The Morgan fingerprint density at radius 3 is 2.10 bits per heavy atom. The normalized spacial score (nSPS) is 9.90. The summed E-state index contributed by atoms with van der Waals surface area (Å²) in [7, 11) is 0. The zero-order valence-electron chi connectivity index (χ0n) is 10.7. The zero-order chi connectivity index (χ0) is 16.2. The first kappa shape index (κ1) is 15.9. The summed E-state index contributed by atoms with van der Waals surface area (Å²) >= 11 is 0. The maximum Gasteiger partial charge on any atom is 0.335 e. The molecule has 1 rings (SSSR count). The topological polar surface area (TPSA) is 170 Å². The molecule has 10 nitrogen and oxygen atoms in total. The van der Waals surface area contributed by atoms with Crippen molar-refractivity contribution in [3.8, 4) is 0 Å². The fourth-order valence-corrected chi connectivity index (χ4v) is 1.67. The Kier molecular flexibility index (Phi) is 4.78. The molecule has 0 saturated carbocycles. The van der Waals surface area contributed by atoms with Crippen LogP contribution in [-0.2, 0) is 9.59 Å². The Hall–Kier alpha value is -3.17. The van der Waals surface area contributed by atoms with Gasteiger partial charge in [-0.3, -0.25) is 19.7 Å². The molecular weight excluding hydrogens is 284 g/mol. The van der Waals surface area contributed by atoms with Crippen molar-refractivity contribution in [2.75, 3.05) is 18.0 Å². The van der Waals surface area contributed by atoms with E-state index in [4.69, 9.17) is 16.6 Å². The predicted octanol–water partition coefficient (Wildman–Crippen LogP) is -0.930. The number of hydrogen-bond donors (Lipinski definition) is 3. The SMILES string of the molecule is NC(=O)CN(CC(N)=O)c1cc(C(=O)O)ccc1[N+](=O)[O-]. The van der Waals surface area contributed by atoms with Crippen LogP contribution in [0.5, 0.6) is 0 Å². The molecule has 0 bridgehead atoms. The maximum absolute atomic E-state index is 11.0. The molecule has 0 aromatic heterocycles. The smallest absolute Gasteiger partial charge is 0.335 e. The van der Waals surface area contributed by atoms with E-state index in [1.165, 1.54) is 0 Å². The van der Waals surface area contributed by atoms with Gasteiger partial charge in [0.15, 0.2) is 0 Å². The molecule has 5 N–H and O–H groups in total. The number of carbonyl (C=O) groups excluding carboxylic acids is 2. The second kappa shape index (κ2) is 6.32. The maximum atomic E-state index is 11.0. The van der Waals surface area contributed by atoms with Crippen molar-refractivity contribution < 1.29 is 24.4 Å². The monoisotopic (exact) mass is 296 g/mol. The number of nitro groups is 1. The van der Waals surface area contributed by atoms with E-state index in [1.54, 1.807) is 0 Å². The fourth-order valence-electron chi connectivity index (χ4n) is 1.67. The summed E-state index contributed by atoms with van der Waals surface area (Å²) in [6, 6.07) is 2.98. The number of nitrogens with two attached hydrogens (primary N) is 2. The van der Waals surface area contributed by atoms with Crippen LogP contribution in [0.15, 0.2) is 18.2 Å². The Morgan fingerprint density at radius 1 is 1.19 bits per heavy atom. The van der Waals surface area contributed by atoms with E-state index in [0.29, 0.717) is 0 Å². The summed E-state index contributed by atoms with van der Waals surface area (Å²) in [5, 5.41) is 19.9. The average molecular weight is 296 g/mol. The van der Waals surface area contributed by atoms with E-state index >= 15 is 0 Å². The van der Waals surface area contributed by atoms with E-state index in [-0.39, 0.29) is 11.3 Å². The van der Waals surface area contributed by atoms with Gasteiger partial charge < -0.3 is 21.5 Å². The van der Waals surface area contributed by atoms with Crippen LogP contribution in [0.25, 0.3) is 0 Å². The van der Waals surface area contributed by atoms with Gasteiger partial charge >= 0.3 is 5.97 Å². The number of amides is 2. The van der Waals surface area contributed by atoms with Crippen LogP contribution in [0.2, 0.25) is 0 Å². The Bertz CT molecular complexity index is 599. The van der Waals surface area contributed by atoms with Crippen molar-refractivity contribution in [2.45, 2.75) is 0 Å². The van der Waals surface area contributed by atoms with Gasteiger partial charge in [0, 0.05) is 6.07 Å². The quantitative estimate of drug-likeness (QED) is 0.431. The number of carbonyl (C=O) groups is 3. The predicted molar refractivity (Wildman–Crippen MR) is 70.7 cm³/mol. The van der Waals surface area contributed by atoms with Gasteiger partial charge in [0.2, 0.25) is 11.8 Å². The summed E-state index contributed by atoms with van der Waals surface area (Å²) < 4.78 is 0. The number of carboxylic acids is 1. The van der Waals surface area contributed by atoms with Crippen LogP contribution in [0.4, 0.5) is 11.4 Å². The standard InChI is InChI=1S/C11H12N4O6/c12-9(16)4-14(5-10(13)17)8-3-6(11(18)19)1-2-7(8)15(20)21/h1-3H,4-5H2,(H2,12,16)(H2,13,17)(H,18,19). The largest absolute Gasteiger partial charge is 0.478 e. The summed E-state index contributed by atoms with van der Waals surface area (Å²) in [5.41, 5.74) is 9.09. The molecular formula is C11H12N4O6. The summed E-state index contributed by atoms with van der Waals surface area (Å²) in [4.78, 5) is 44.1. The van der Waals surface area contributed by atoms with Crippen LogP contribution in [0.1, 0.15) is 10.4 Å². The van der Waals surface area contributed by atoms with Gasteiger partial charge in [-0.1, -0.05) is 0 Å². The van der Waals surface area contributed by atoms with Gasteiger partial charge in [-0.15, -0.1) is 0 Å². The zero-order valence-corrected chi connectivity index (χ0v) is 10.7. The van der Waals surface area contributed by atoms with E-state index in [1.807, 2.05) is 0 Å². The van der Waals surface area contributed by atoms with Crippen molar-refractivity contribution >= 4 is 29.2 Å². The average Bonchev–Trinajstić information content (AvgIpc) is 2.35. The second-order valence-electron chi connectivity index (χ2n) is 4.05. The van der Waals surface area contributed by atoms with Crippen LogP contribution in [0.3, 0.4) is 0 Å². The van der Waals surface area contributed by atoms with Crippen molar-refractivity contribution in [1.29, 1.82) is 0 Å². The first-order valence-corrected chi connectivity index (χ1v) is 5.55. The number of carboxylic acid groups (broad SMARTS) is 1. The summed E-state index contributed by atoms with van der Waals surface area (Å²) in [6.07, 6.45) is 0. The first-order valence-electron chi connectivity index (χ1n) is 5.55. The van der Waals surface area contributed by atoms with Gasteiger partial charge in [-0.25, -0.2) is 4.79 Å². The summed E-state index contributed by atoms with van der Waals surface area (Å²) in [5.74, 6) is -3.03. The molecule has 2 amide bonds. The highest BCUT2D eigenvalue weighted by Crippen LogP contribution is 2.29. The molecule has 1 aromatic carbocycles. The number of rotatable bonds is 7. The summed E-state index contributed by atoms with van der Waals surface area (Å²) in [6.45, 7) is -1.04. The highest BCUT2D eigenvalue weighted by atomic mass is 16.6. The van der Waals surface area contributed by atoms with Crippen LogP contribution >= 0.6 is 0 Å². The van der Waals surface area contributed by atoms with Crippen molar-refractivity contribution in [3.05, 3.63) is 33.9 Å². The van der Waals surface area contributed by atoms with Crippen molar-refractivity contribution in [3.63, 3.8) is 0 Å². The third-order valence-corrected chi connectivity index (χ3v) is 2.45. The fraction of sp³-hybridized carbons (Fsp3) is 0.182. The lowest BCUT2D eigenvalue weighted by molar-refractivity contribution is -0.384. The molecule has 0 saturated heterocycles.